The molecule has 2 aliphatic rings. The van der Waals surface area contributed by atoms with Gasteiger partial charge in [0, 0.05) is 0 Å². The Hall–Kier alpha value is -1.18. The molecule has 4 heterocycles. The monoisotopic (exact) mass is 498 g/mol. The van der Waals surface area contributed by atoms with Crippen molar-refractivity contribution < 1.29 is 42.5 Å². The minimum absolute atomic E-state index is 0.167. The lowest BCUT2D eigenvalue weighted by Gasteiger charge is -2.30. The van der Waals surface area contributed by atoms with Gasteiger partial charge in [-0.05, 0) is 13.8 Å². The summed E-state index contributed by atoms with van der Waals surface area (Å²) < 4.78 is 47.3. The fourth-order valence-corrected chi connectivity index (χ4v) is 5.82. The number of ether oxygens (including phenoxy) is 3. The van der Waals surface area contributed by atoms with E-state index >= 15 is 0 Å². The summed E-state index contributed by atoms with van der Waals surface area (Å²) in [6.07, 6.45) is -0.584. The molecule has 2 aliphatic heterocycles. The number of anilines is 1. The number of hydrogen-bond donors (Lipinski definition) is 3. The lowest BCUT2D eigenvalue weighted by molar-refractivity contribution is -0.211. The number of nitrogen functional groups attached to an aromatic ring is 1. The van der Waals surface area contributed by atoms with Crippen LogP contribution in [0.15, 0.2) is 12.7 Å². The standard InChI is InChI=1S/C14H20ClN5O9P2/c1-14(2)28-8-6(3-26-31(24,25)13(15)30(21,22)23)27-12(9(8)29-14)20-5-19-7-10(16)17-4-18-11(7)20/h4-6,8-9,12-13H,3H2,1-2H3,(H,24,25)(H2,16,17,18)(H2,21,22,23)/p-1. The van der Waals surface area contributed by atoms with Crippen molar-refractivity contribution in [2.24, 2.45) is 0 Å². The third-order valence-corrected chi connectivity index (χ3v) is 9.56. The largest absolute Gasteiger partial charge is 0.777 e. The Bertz CT molecular complexity index is 1090. The van der Waals surface area contributed by atoms with E-state index < -0.39 is 57.0 Å². The van der Waals surface area contributed by atoms with E-state index in [1.54, 1.807) is 18.4 Å². The molecule has 0 aliphatic carbocycles. The van der Waals surface area contributed by atoms with Crippen molar-refractivity contribution in [3.05, 3.63) is 12.7 Å². The second kappa shape index (κ2) is 7.70. The van der Waals surface area contributed by atoms with Crippen LogP contribution in [0.1, 0.15) is 20.1 Å². The minimum atomic E-state index is -5.14. The Labute approximate surface area is 180 Å². The summed E-state index contributed by atoms with van der Waals surface area (Å²) in [5, 5.41) is 0. The summed E-state index contributed by atoms with van der Waals surface area (Å²) in [7, 11) is -10.3. The van der Waals surface area contributed by atoms with Gasteiger partial charge in [0.1, 0.15) is 30.2 Å². The molecule has 6 atom stereocenters. The molecule has 14 nitrogen and oxygen atoms in total. The van der Waals surface area contributed by atoms with Crippen molar-refractivity contribution in [1.82, 2.24) is 19.5 Å². The normalized spacial score (nSPS) is 30.9. The molecule has 172 valence electrons. The first kappa shape index (κ1) is 23.0. The topological polar surface area (TPSA) is 204 Å². The van der Waals surface area contributed by atoms with Crippen molar-refractivity contribution in [2.45, 2.75) is 49.0 Å². The first-order valence-corrected chi connectivity index (χ1v) is 12.6. The van der Waals surface area contributed by atoms with Gasteiger partial charge >= 0.3 is 7.60 Å². The Kier molecular flexibility index (Phi) is 5.71. The van der Waals surface area contributed by atoms with Gasteiger partial charge < -0.3 is 43.7 Å². The molecule has 0 bridgehead atoms. The number of imidazole rings is 1. The van der Waals surface area contributed by atoms with Crippen LogP contribution in [0.5, 0.6) is 0 Å². The van der Waals surface area contributed by atoms with E-state index in [1.807, 2.05) is 0 Å². The molecule has 0 amide bonds. The van der Waals surface area contributed by atoms with Gasteiger partial charge in [-0.25, -0.2) is 15.0 Å². The predicted octanol–water partition coefficient (Wildman–Crippen LogP) is 0.0961. The molecule has 6 unspecified atom stereocenters. The number of alkyl halides is 1. The highest BCUT2D eigenvalue weighted by molar-refractivity contribution is 7.73. The lowest BCUT2D eigenvalue weighted by atomic mass is 10.1. The molecule has 17 heteroatoms. The number of fused-ring (bicyclic) bond motifs is 2. The van der Waals surface area contributed by atoms with Crippen LogP contribution in [-0.2, 0) is 27.9 Å². The minimum Gasteiger partial charge on any atom is -0.777 e. The van der Waals surface area contributed by atoms with Crippen LogP contribution in [0, 0.1) is 0 Å². The lowest BCUT2D eigenvalue weighted by Crippen LogP contribution is -2.33. The van der Waals surface area contributed by atoms with Crippen LogP contribution < -0.4 is 10.6 Å². The molecular formula is C14H19ClN5O9P2-. The number of aromatic nitrogens is 4. The molecule has 0 spiro atoms. The van der Waals surface area contributed by atoms with Crippen LogP contribution >= 0.6 is 26.8 Å². The highest BCUT2D eigenvalue weighted by atomic mass is 35.5. The van der Waals surface area contributed by atoms with Crippen LogP contribution in [0.25, 0.3) is 11.2 Å². The van der Waals surface area contributed by atoms with Gasteiger partial charge in [0.05, 0.1) is 12.9 Å². The third-order valence-electron chi connectivity index (χ3n) is 4.74. The average Bonchev–Trinajstić information content (AvgIpc) is 3.30. The van der Waals surface area contributed by atoms with Gasteiger partial charge in [-0.15, -0.1) is 0 Å². The summed E-state index contributed by atoms with van der Waals surface area (Å²) >= 11 is 5.38. The fourth-order valence-electron chi connectivity index (χ4n) is 3.50. The highest BCUT2D eigenvalue weighted by Gasteiger charge is 2.56. The van der Waals surface area contributed by atoms with Gasteiger partial charge in [0.2, 0.25) is 0 Å². The second-order valence-electron chi connectivity index (χ2n) is 7.45. The van der Waals surface area contributed by atoms with Gasteiger partial charge in [-0.1, -0.05) is 11.6 Å². The van der Waals surface area contributed by atoms with Crippen molar-refractivity contribution in [3.63, 3.8) is 0 Å². The second-order valence-corrected chi connectivity index (χ2v) is 12.4. The summed E-state index contributed by atoms with van der Waals surface area (Å²) in [5.74, 6) is -0.845. The molecule has 0 radical (unpaired) electrons. The third kappa shape index (κ3) is 4.25. The van der Waals surface area contributed by atoms with Crippen molar-refractivity contribution in [3.8, 4) is 0 Å². The number of nitrogens with two attached hydrogens (primary N) is 1. The van der Waals surface area contributed by atoms with Gasteiger partial charge in [0.25, 0.3) is 0 Å². The van der Waals surface area contributed by atoms with Gasteiger partial charge in [-0.2, -0.15) is 0 Å². The molecule has 2 aromatic rings. The number of hydrogen-bond acceptors (Lipinski definition) is 11. The van der Waals surface area contributed by atoms with E-state index in [0.717, 1.165) is 0 Å². The predicted molar refractivity (Wildman–Crippen MR) is 103 cm³/mol. The Morgan fingerprint density at radius 2 is 2.00 bits per heavy atom. The maximum atomic E-state index is 12.1. The Morgan fingerprint density at radius 3 is 2.68 bits per heavy atom. The van der Waals surface area contributed by atoms with Crippen LogP contribution in [0.4, 0.5) is 5.82 Å². The van der Waals surface area contributed by atoms with E-state index in [2.05, 4.69) is 15.0 Å². The number of halogens is 1. The average molecular weight is 499 g/mol. The van der Waals surface area contributed by atoms with Crippen molar-refractivity contribution in [1.29, 1.82) is 0 Å². The Balaban J connectivity index is 1.60. The first-order valence-electron chi connectivity index (χ1n) is 8.89. The summed E-state index contributed by atoms with van der Waals surface area (Å²) in [6.45, 7) is 2.74. The van der Waals surface area contributed by atoms with Crippen molar-refractivity contribution in [2.75, 3.05) is 12.3 Å². The summed E-state index contributed by atoms with van der Waals surface area (Å²) in [6, 6.07) is 0. The number of rotatable bonds is 6. The molecule has 31 heavy (non-hydrogen) atoms. The van der Waals surface area contributed by atoms with Crippen LogP contribution in [0.3, 0.4) is 0 Å². The molecule has 0 aromatic carbocycles. The van der Waals surface area contributed by atoms with Crippen molar-refractivity contribution >= 4 is 43.8 Å². The Morgan fingerprint density at radius 1 is 1.32 bits per heavy atom. The first-order chi connectivity index (χ1) is 14.3. The van der Waals surface area contributed by atoms with Crippen LogP contribution in [0.2, 0.25) is 0 Å². The molecule has 4 rings (SSSR count). The van der Waals surface area contributed by atoms with Gasteiger partial charge in [-0.3, -0.25) is 9.13 Å². The zero-order valence-corrected chi connectivity index (χ0v) is 18.7. The maximum absolute atomic E-state index is 12.1. The maximum Gasteiger partial charge on any atom is 0.351 e. The molecule has 4 N–H and O–H groups in total. The fraction of sp³-hybridized carbons (Fsp3) is 0.643. The summed E-state index contributed by atoms with van der Waals surface area (Å²) in [4.78, 5) is 39.9. The van der Waals surface area contributed by atoms with E-state index in [-0.39, 0.29) is 5.82 Å². The van der Waals surface area contributed by atoms with E-state index in [4.69, 9.17) is 45.9 Å². The van der Waals surface area contributed by atoms with Gasteiger partial charge in [0.15, 0.2) is 35.9 Å². The smallest absolute Gasteiger partial charge is 0.351 e. The molecule has 2 aromatic heterocycles. The zero-order chi connectivity index (χ0) is 22.8. The number of nitrogens with zero attached hydrogens (tertiary/aromatic N) is 4. The molecule has 2 saturated heterocycles. The highest BCUT2D eigenvalue weighted by Crippen LogP contribution is 2.62. The summed E-state index contributed by atoms with van der Waals surface area (Å²) in [5.41, 5.74) is 6.53. The molecule has 2 fully saturated rings. The zero-order valence-electron chi connectivity index (χ0n) is 16.1. The molecular weight excluding hydrogens is 480 g/mol. The SMILES string of the molecule is CC1(C)OC2C(COP(=O)([O-])C(Cl)P(=O)(O)O)OC(n3cnc4c(N)ncnc43)C2O1. The van der Waals surface area contributed by atoms with E-state index in [1.165, 1.54) is 12.7 Å². The quantitative estimate of drug-likeness (QED) is 0.357. The van der Waals surface area contributed by atoms with E-state index in [0.29, 0.717) is 11.2 Å². The molecule has 0 saturated carbocycles. The van der Waals surface area contributed by atoms with Crippen LogP contribution in [-0.4, -0.2) is 64.9 Å². The van der Waals surface area contributed by atoms with E-state index in [9.17, 15) is 14.0 Å².